The van der Waals surface area contributed by atoms with Crippen LogP contribution in [-0.4, -0.2) is 29.2 Å². The van der Waals surface area contributed by atoms with Crippen LogP contribution in [-0.2, 0) is 23.0 Å². The van der Waals surface area contributed by atoms with Gasteiger partial charge in [-0.1, -0.05) is 24.3 Å². The zero-order chi connectivity index (χ0) is 19.3. The number of nitrogens with zero attached hydrogens (tertiary/aromatic N) is 3. The van der Waals surface area contributed by atoms with E-state index in [2.05, 4.69) is 4.98 Å². The van der Waals surface area contributed by atoms with Crippen molar-refractivity contribution in [2.75, 3.05) is 6.54 Å². The van der Waals surface area contributed by atoms with Gasteiger partial charge in [0.25, 0.3) is 5.69 Å². The molecule has 9 heteroatoms. The maximum atomic E-state index is 13.2. The molecule has 0 radical (unpaired) electrons. The van der Waals surface area contributed by atoms with Gasteiger partial charge >= 0.3 is 0 Å². The van der Waals surface area contributed by atoms with Crippen LogP contribution < -0.4 is 0 Å². The number of benzene rings is 1. The molecule has 0 spiro atoms. The summed E-state index contributed by atoms with van der Waals surface area (Å²) in [6.07, 6.45) is 3.72. The molecule has 0 N–H and O–H groups in total. The first-order valence-corrected chi connectivity index (χ1v) is 10.5. The van der Waals surface area contributed by atoms with Gasteiger partial charge in [0.1, 0.15) is 0 Å². The lowest BCUT2D eigenvalue weighted by molar-refractivity contribution is -0.387. The number of sulfonamides is 1. The van der Waals surface area contributed by atoms with E-state index in [1.54, 1.807) is 35.9 Å². The highest BCUT2D eigenvalue weighted by Gasteiger charge is 2.31. The first-order chi connectivity index (χ1) is 13.0. The molecule has 7 nitrogen and oxygen atoms in total. The molecule has 140 valence electrons. The average molecular weight is 403 g/mol. The smallest absolute Gasteiger partial charge is 0.264 e. The highest BCUT2D eigenvalue weighted by Crippen LogP contribution is 2.27. The molecule has 0 saturated carbocycles. The molecule has 0 atom stereocenters. The number of hydrogen-bond donors (Lipinski definition) is 0. The van der Waals surface area contributed by atoms with Crippen LogP contribution in [0.2, 0.25) is 0 Å². The molecule has 0 amide bonds. The van der Waals surface area contributed by atoms with Crippen LogP contribution in [0.1, 0.15) is 10.4 Å². The Morgan fingerprint density at radius 2 is 1.93 bits per heavy atom. The van der Waals surface area contributed by atoms with Gasteiger partial charge in [0, 0.05) is 36.4 Å². The van der Waals surface area contributed by atoms with Crippen LogP contribution in [0.25, 0.3) is 0 Å². The maximum Gasteiger partial charge on any atom is 0.289 e. The van der Waals surface area contributed by atoms with E-state index in [9.17, 15) is 18.5 Å². The number of aromatic nitrogens is 1. The van der Waals surface area contributed by atoms with Crippen molar-refractivity contribution in [3.63, 3.8) is 0 Å². The van der Waals surface area contributed by atoms with Crippen LogP contribution in [0.5, 0.6) is 0 Å². The lowest BCUT2D eigenvalue weighted by atomic mass is 10.3. The Kier molecular flexibility index (Phi) is 5.94. The maximum absolute atomic E-state index is 13.2. The summed E-state index contributed by atoms with van der Waals surface area (Å²) >= 11 is 1.54. The van der Waals surface area contributed by atoms with E-state index in [1.165, 1.54) is 28.6 Å². The Balaban J connectivity index is 1.96. The largest absolute Gasteiger partial charge is 0.289 e. The minimum Gasteiger partial charge on any atom is -0.264 e. The molecule has 27 heavy (non-hydrogen) atoms. The lowest BCUT2D eigenvalue weighted by Crippen LogP contribution is -2.33. The number of hydrogen-bond acceptors (Lipinski definition) is 6. The number of para-hydroxylation sites is 1. The van der Waals surface area contributed by atoms with E-state index in [0.29, 0.717) is 12.0 Å². The van der Waals surface area contributed by atoms with E-state index >= 15 is 0 Å². The number of rotatable bonds is 8. The molecule has 3 rings (SSSR count). The molecule has 2 aromatic heterocycles. The third-order valence-electron chi connectivity index (χ3n) is 3.95. The van der Waals surface area contributed by atoms with Gasteiger partial charge < -0.3 is 0 Å². The lowest BCUT2D eigenvalue weighted by Gasteiger charge is -2.22. The summed E-state index contributed by atoms with van der Waals surface area (Å²) in [5, 5.41) is 13.2. The minimum atomic E-state index is -4.06. The summed E-state index contributed by atoms with van der Waals surface area (Å²) in [6.45, 7) is 0.303. The molecule has 0 aliphatic carbocycles. The molecule has 0 saturated heterocycles. The van der Waals surface area contributed by atoms with Crippen molar-refractivity contribution in [3.8, 4) is 0 Å². The summed E-state index contributed by atoms with van der Waals surface area (Å²) in [6, 6.07) is 12.8. The van der Waals surface area contributed by atoms with Gasteiger partial charge in [-0.05, 0) is 35.6 Å². The van der Waals surface area contributed by atoms with Crippen molar-refractivity contribution in [1.29, 1.82) is 0 Å². The van der Waals surface area contributed by atoms with E-state index in [1.807, 2.05) is 17.5 Å². The fraction of sp³-hybridized carbons (Fsp3) is 0.167. The summed E-state index contributed by atoms with van der Waals surface area (Å²) < 4.78 is 27.7. The summed E-state index contributed by atoms with van der Waals surface area (Å²) in [5.74, 6) is 0. The topological polar surface area (TPSA) is 93.4 Å². The van der Waals surface area contributed by atoms with Crippen LogP contribution in [0, 0.1) is 10.1 Å². The van der Waals surface area contributed by atoms with Gasteiger partial charge in [0.15, 0.2) is 4.90 Å². The van der Waals surface area contributed by atoms with Crippen LogP contribution in [0.4, 0.5) is 5.69 Å². The fourth-order valence-corrected chi connectivity index (χ4v) is 4.92. The van der Waals surface area contributed by atoms with E-state index in [4.69, 9.17) is 0 Å². The molecule has 0 aliphatic rings. The zero-order valence-electron chi connectivity index (χ0n) is 14.3. The standard InChI is InChI=1S/C18H17N3O4S2/c22-21(23)17-7-1-2-8-18(17)27(24,25)20(11-9-16-6-4-12-26-16)14-15-5-3-10-19-13-15/h1-8,10,12-13H,9,11,14H2. The Bertz CT molecular complexity index is 1010. The third-order valence-corrected chi connectivity index (χ3v) is 6.78. The first-order valence-electron chi connectivity index (χ1n) is 8.13. The van der Waals surface area contributed by atoms with E-state index in [-0.39, 0.29) is 18.0 Å². The Morgan fingerprint density at radius 1 is 1.11 bits per heavy atom. The van der Waals surface area contributed by atoms with Crippen LogP contribution in [0.3, 0.4) is 0 Å². The quantitative estimate of drug-likeness (QED) is 0.424. The van der Waals surface area contributed by atoms with Crippen molar-refractivity contribution in [3.05, 3.63) is 86.9 Å². The van der Waals surface area contributed by atoms with Crippen LogP contribution >= 0.6 is 11.3 Å². The zero-order valence-corrected chi connectivity index (χ0v) is 15.9. The number of thiophene rings is 1. The second kappa shape index (κ2) is 8.38. The Morgan fingerprint density at radius 3 is 2.59 bits per heavy atom. The van der Waals surface area contributed by atoms with E-state index < -0.39 is 20.6 Å². The highest BCUT2D eigenvalue weighted by molar-refractivity contribution is 7.89. The van der Waals surface area contributed by atoms with Crippen molar-refractivity contribution in [2.24, 2.45) is 0 Å². The number of pyridine rings is 1. The number of nitro groups is 1. The van der Waals surface area contributed by atoms with Gasteiger partial charge in [-0.3, -0.25) is 15.1 Å². The second-order valence-electron chi connectivity index (χ2n) is 5.75. The molecule has 2 heterocycles. The SMILES string of the molecule is O=[N+]([O-])c1ccccc1S(=O)(=O)N(CCc1cccs1)Cc1cccnc1. The monoisotopic (exact) mass is 403 g/mol. The van der Waals surface area contributed by atoms with Gasteiger partial charge in [-0.2, -0.15) is 4.31 Å². The molecule has 0 fully saturated rings. The molecular weight excluding hydrogens is 386 g/mol. The van der Waals surface area contributed by atoms with E-state index in [0.717, 1.165) is 4.88 Å². The molecule has 0 unspecified atom stereocenters. The predicted molar refractivity (Wildman–Crippen MR) is 103 cm³/mol. The first kappa shape index (κ1) is 19.2. The molecule has 0 bridgehead atoms. The highest BCUT2D eigenvalue weighted by atomic mass is 32.2. The van der Waals surface area contributed by atoms with Gasteiger partial charge in [0.2, 0.25) is 10.0 Å². The van der Waals surface area contributed by atoms with Crippen molar-refractivity contribution in [2.45, 2.75) is 17.9 Å². The number of nitro benzene ring substituents is 1. The Labute approximate surface area is 161 Å². The Hall–Kier alpha value is -2.62. The molecule has 0 aliphatic heterocycles. The summed E-state index contributed by atoms with van der Waals surface area (Å²) in [5.41, 5.74) is 0.288. The molecular formula is C18H17N3O4S2. The summed E-state index contributed by atoms with van der Waals surface area (Å²) in [7, 11) is -4.06. The molecule has 1 aromatic carbocycles. The van der Waals surface area contributed by atoms with Crippen molar-refractivity contribution in [1.82, 2.24) is 9.29 Å². The predicted octanol–water partition coefficient (Wildman–Crippen LogP) is 3.48. The summed E-state index contributed by atoms with van der Waals surface area (Å²) in [4.78, 5) is 15.4. The third kappa shape index (κ3) is 4.57. The van der Waals surface area contributed by atoms with Crippen molar-refractivity contribution >= 4 is 27.0 Å². The minimum absolute atomic E-state index is 0.0909. The van der Waals surface area contributed by atoms with Crippen molar-refractivity contribution < 1.29 is 13.3 Å². The fourth-order valence-electron chi connectivity index (χ4n) is 2.63. The molecule has 3 aromatic rings. The normalized spacial score (nSPS) is 11.6. The van der Waals surface area contributed by atoms with Gasteiger partial charge in [-0.15, -0.1) is 11.3 Å². The van der Waals surface area contributed by atoms with Crippen LogP contribution in [0.15, 0.2) is 71.2 Å². The second-order valence-corrected chi connectivity index (χ2v) is 8.69. The average Bonchev–Trinajstić information content (AvgIpc) is 3.19. The van der Waals surface area contributed by atoms with Gasteiger partial charge in [0.05, 0.1) is 4.92 Å². The van der Waals surface area contributed by atoms with Gasteiger partial charge in [-0.25, -0.2) is 8.42 Å².